The summed E-state index contributed by atoms with van der Waals surface area (Å²) in [5.41, 5.74) is 1.80. The van der Waals surface area contributed by atoms with Crippen molar-refractivity contribution in [3.63, 3.8) is 0 Å². The zero-order chi connectivity index (χ0) is 23.7. The van der Waals surface area contributed by atoms with Crippen molar-refractivity contribution in [2.45, 2.75) is 51.4 Å². The monoisotopic (exact) mass is 483 g/mol. The lowest BCUT2D eigenvalue weighted by molar-refractivity contribution is -0.136. The van der Waals surface area contributed by atoms with Crippen molar-refractivity contribution in [3.05, 3.63) is 28.8 Å². The first-order chi connectivity index (χ1) is 16.5. The highest BCUT2D eigenvalue weighted by Crippen LogP contribution is 2.37. The molecule has 0 bridgehead atoms. The summed E-state index contributed by atoms with van der Waals surface area (Å²) in [5.74, 6) is 0.957. The zero-order valence-electron chi connectivity index (χ0n) is 20.0. The molecule has 5 rings (SSSR count). The molecule has 2 aromatic rings. The summed E-state index contributed by atoms with van der Waals surface area (Å²) in [6, 6.07) is 5.78. The molecule has 182 valence electrons. The van der Waals surface area contributed by atoms with Gasteiger partial charge in [0.1, 0.15) is 10.8 Å². The molecule has 2 aliphatic heterocycles. The van der Waals surface area contributed by atoms with Crippen LogP contribution in [0.5, 0.6) is 5.75 Å². The van der Waals surface area contributed by atoms with Crippen molar-refractivity contribution in [1.29, 1.82) is 0 Å². The van der Waals surface area contributed by atoms with Gasteiger partial charge in [0.2, 0.25) is 16.9 Å². The van der Waals surface area contributed by atoms with Crippen LogP contribution in [-0.4, -0.2) is 66.7 Å². The molecule has 9 heteroatoms. The number of amides is 2. The lowest BCUT2D eigenvalue weighted by Crippen LogP contribution is -2.50. The van der Waals surface area contributed by atoms with E-state index >= 15 is 0 Å². The van der Waals surface area contributed by atoms with Crippen molar-refractivity contribution >= 4 is 34.0 Å². The average molecular weight is 484 g/mol. The third kappa shape index (κ3) is 4.62. The van der Waals surface area contributed by atoms with Crippen LogP contribution in [0.1, 0.15) is 55.0 Å². The van der Waals surface area contributed by atoms with Gasteiger partial charge in [0.15, 0.2) is 0 Å². The second-order valence-corrected chi connectivity index (χ2v) is 10.6. The maximum absolute atomic E-state index is 13.3. The Morgan fingerprint density at radius 3 is 2.59 bits per heavy atom. The number of aryl methyl sites for hydroxylation is 1. The van der Waals surface area contributed by atoms with Gasteiger partial charge in [0, 0.05) is 45.1 Å². The van der Waals surface area contributed by atoms with Gasteiger partial charge in [-0.1, -0.05) is 36.7 Å². The fourth-order valence-corrected chi connectivity index (χ4v) is 6.43. The van der Waals surface area contributed by atoms with E-state index in [1.165, 1.54) is 37.1 Å². The number of carbonyl (C=O) groups excluding carboxylic acids is 2. The molecule has 0 N–H and O–H groups in total. The number of aromatic nitrogens is 2. The van der Waals surface area contributed by atoms with Crippen LogP contribution in [0.4, 0.5) is 10.8 Å². The molecule has 2 amide bonds. The summed E-state index contributed by atoms with van der Waals surface area (Å²) >= 11 is 1.72. The van der Waals surface area contributed by atoms with Crippen molar-refractivity contribution in [2.24, 2.45) is 5.92 Å². The van der Waals surface area contributed by atoms with E-state index in [9.17, 15) is 9.59 Å². The Labute approximate surface area is 204 Å². The molecule has 3 heterocycles. The predicted octanol–water partition coefficient (Wildman–Crippen LogP) is 3.60. The molecule has 0 spiro atoms. The molecular weight excluding hydrogens is 450 g/mol. The number of benzene rings is 1. The van der Waals surface area contributed by atoms with Gasteiger partial charge in [0.25, 0.3) is 0 Å². The minimum absolute atomic E-state index is 0.0232. The van der Waals surface area contributed by atoms with Crippen LogP contribution in [0, 0.1) is 12.8 Å². The summed E-state index contributed by atoms with van der Waals surface area (Å²) in [7, 11) is 1.60. The molecule has 1 atom stereocenters. The van der Waals surface area contributed by atoms with E-state index in [1.807, 2.05) is 30.0 Å². The third-order valence-corrected chi connectivity index (χ3v) is 8.49. The quantitative estimate of drug-likeness (QED) is 0.647. The molecule has 1 aromatic heterocycles. The highest BCUT2D eigenvalue weighted by atomic mass is 32.1. The van der Waals surface area contributed by atoms with Crippen LogP contribution in [-0.2, 0) is 9.59 Å². The van der Waals surface area contributed by atoms with Crippen LogP contribution in [0.25, 0.3) is 0 Å². The number of piperazine rings is 1. The number of rotatable bonds is 5. The lowest BCUT2D eigenvalue weighted by atomic mass is 9.90. The van der Waals surface area contributed by atoms with Crippen LogP contribution >= 0.6 is 11.3 Å². The van der Waals surface area contributed by atoms with Gasteiger partial charge in [-0.15, -0.1) is 10.2 Å². The Bertz CT molecular complexity index is 1040. The highest BCUT2D eigenvalue weighted by Gasteiger charge is 2.39. The van der Waals surface area contributed by atoms with Gasteiger partial charge in [-0.05, 0) is 37.5 Å². The van der Waals surface area contributed by atoms with E-state index < -0.39 is 0 Å². The van der Waals surface area contributed by atoms with Gasteiger partial charge in [-0.3, -0.25) is 9.59 Å². The third-order valence-electron chi connectivity index (χ3n) is 7.35. The van der Waals surface area contributed by atoms with E-state index in [2.05, 4.69) is 15.1 Å². The van der Waals surface area contributed by atoms with E-state index in [-0.39, 0.29) is 24.2 Å². The Morgan fingerprint density at radius 1 is 1.09 bits per heavy atom. The topological polar surface area (TPSA) is 78.9 Å². The SMILES string of the molecule is COc1ccc(C)cc1N1CC(C(=O)N2CCN(c3nnc(C4CCCCC4)s3)CC2)CC1=O. The first kappa shape index (κ1) is 23.1. The first-order valence-electron chi connectivity index (χ1n) is 12.4. The van der Waals surface area contributed by atoms with Crippen LogP contribution in [0.3, 0.4) is 0 Å². The van der Waals surface area contributed by atoms with E-state index in [0.29, 0.717) is 31.3 Å². The molecular formula is C25H33N5O3S. The number of hydrogen-bond donors (Lipinski definition) is 0. The predicted molar refractivity (Wildman–Crippen MR) is 133 cm³/mol. The molecule has 3 fully saturated rings. The second kappa shape index (κ2) is 9.90. The highest BCUT2D eigenvalue weighted by molar-refractivity contribution is 7.15. The molecule has 3 aliphatic rings. The molecule has 1 aliphatic carbocycles. The number of ether oxygens (including phenoxy) is 1. The second-order valence-electron chi connectivity index (χ2n) is 9.65. The first-order valence-corrected chi connectivity index (χ1v) is 13.2. The molecule has 8 nitrogen and oxygen atoms in total. The minimum Gasteiger partial charge on any atom is -0.495 e. The van der Waals surface area contributed by atoms with Crippen molar-refractivity contribution in [3.8, 4) is 5.75 Å². The van der Waals surface area contributed by atoms with Crippen LogP contribution in [0.15, 0.2) is 18.2 Å². The van der Waals surface area contributed by atoms with Gasteiger partial charge in [0.05, 0.1) is 18.7 Å². The number of carbonyl (C=O) groups is 2. The summed E-state index contributed by atoms with van der Waals surface area (Å²) in [5, 5.41) is 11.1. The summed E-state index contributed by atoms with van der Waals surface area (Å²) in [6.45, 7) is 5.19. The smallest absolute Gasteiger partial charge is 0.228 e. The van der Waals surface area contributed by atoms with Gasteiger partial charge in [-0.25, -0.2) is 0 Å². The maximum atomic E-state index is 13.3. The summed E-state index contributed by atoms with van der Waals surface area (Å²) in [6.07, 6.45) is 6.61. The van der Waals surface area contributed by atoms with E-state index in [1.54, 1.807) is 23.3 Å². The van der Waals surface area contributed by atoms with Crippen molar-refractivity contribution in [1.82, 2.24) is 15.1 Å². The Hall–Kier alpha value is -2.68. The lowest BCUT2D eigenvalue weighted by Gasteiger charge is -2.35. The Morgan fingerprint density at radius 2 is 1.85 bits per heavy atom. The minimum atomic E-state index is -0.316. The number of nitrogens with zero attached hydrogens (tertiary/aromatic N) is 5. The van der Waals surface area contributed by atoms with Crippen molar-refractivity contribution < 1.29 is 14.3 Å². The standard InChI is InChI=1S/C25H33N5O3S/c1-17-8-9-21(33-2)20(14-17)30-16-19(15-22(30)31)24(32)28-10-12-29(13-11-28)25-27-26-23(34-25)18-6-4-3-5-7-18/h8-9,14,18-19H,3-7,10-13,15-16H2,1-2H3. The molecule has 0 radical (unpaired) electrons. The maximum Gasteiger partial charge on any atom is 0.228 e. The summed E-state index contributed by atoms with van der Waals surface area (Å²) in [4.78, 5) is 31.9. The zero-order valence-corrected chi connectivity index (χ0v) is 20.9. The molecule has 1 aromatic carbocycles. The Balaban J connectivity index is 1.18. The number of anilines is 2. The van der Waals surface area contributed by atoms with E-state index in [4.69, 9.17) is 4.74 Å². The molecule has 1 saturated carbocycles. The Kier molecular flexibility index (Phi) is 6.72. The fourth-order valence-electron chi connectivity index (χ4n) is 5.36. The normalized spacial score (nSPS) is 21.9. The summed E-state index contributed by atoms with van der Waals surface area (Å²) < 4.78 is 5.46. The van der Waals surface area contributed by atoms with Crippen molar-refractivity contribution in [2.75, 3.05) is 49.6 Å². The van der Waals surface area contributed by atoms with Crippen LogP contribution < -0.4 is 14.5 Å². The van der Waals surface area contributed by atoms with Crippen LogP contribution in [0.2, 0.25) is 0 Å². The molecule has 34 heavy (non-hydrogen) atoms. The molecule has 1 unspecified atom stereocenters. The van der Waals surface area contributed by atoms with Gasteiger partial charge in [-0.2, -0.15) is 0 Å². The van der Waals surface area contributed by atoms with E-state index in [0.717, 1.165) is 29.5 Å². The molecule has 2 saturated heterocycles. The van der Waals surface area contributed by atoms with Gasteiger partial charge < -0.3 is 19.4 Å². The number of methoxy groups -OCH3 is 1. The average Bonchev–Trinajstić information content (AvgIpc) is 3.51. The van der Waals surface area contributed by atoms with Gasteiger partial charge >= 0.3 is 0 Å². The fraction of sp³-hybridized carbons (Fsp3) is 0.600. The largest absolute Gasteiger partial charge is 0.495 e. The number of hydrogen-bond acceptors (Lipinski definition) is 7.